The lowest BCUT2D eigenvalue weighted by molar-refractivity contribution is 0.0635. The molecule has 1 aromatic heterocycles. The molecule has 3 aromatic carbocycles. The summed E-state index contributed by atoms with van der Waals surface area (Å²) in [5.41, 5.74) is 2.05. The number of alkyl carbamates (subject to hydrolysis) is 1. The van der Waals surface area contributed by atoms with Gasteiger partial charge in [0.25, 0.3) is 5.91 Å². The number of nitrogens with one attached hydrogen (secondary N) is 3. The lowest BCUT2D eigenvalue weighted by atomic mass is 10.1. The third-order valence-electron chi connectivity index (χ3n) is 5.27. The van der Waals surface area contributed by atoms with E-state index < -0.39 is 17.8 Å². The fourth-order valence-electron chi connectivity index (χ4n) is 3.54. The van der Waals surface area contributed by atoms with E-state index in [0.717, 1.165) is 21.2 Å². The van der Waals surface area contributed by atoms with Crippen molar-refractivity contribution in [3.8, 4) is 0 Å². The summed E-state index contributed by atoms with van der Waals surface area (Å²) < 4.78 is 11.5. The second-order valence-electron chi connectivity index (χ2n) is 9.52. The molecule has 0 saturated heterocycles. The standard InChI is InChI=1S/C29H29N3O5S/c1-29(2,3)37-28(35)32-23-12-8-7-11-22(23)31-26(33)25-16-21-14-13-20(15-24(21)38-25)17-30-27(34)36-18-19-9-5-4-6-10-19/h4-16H,17-18H2,1-3H3,(H,30,34)(H,31,33)(H,32,35). The molecule has 4 rings (SSSR count). The molecule has 0 fully saturated rings. The third-order valence-corrected chi connectivity index (χ3v) is 6.37. The first-order chi connectivity index (χ1) is 18.2. The number of anilines is 2. The van der Waals surface area contributed by atoms with Crippen molar-refractivity contribution < 1.29 is 23.9 Å². The Kier molecular flexibility index (Phi) is 8.28. The van der Waals surface area contributed by atoms with Gasteiger partial charge in [0.1, 0.15) is 12.2 Å². The zero-order valence-electron chi connectivity index (χ0n) is 21.4. The van der Waals surface area contributed by atoms with Gasteiger partial charge < -0.3 is 20.1 Å². The quantitative estimate of drug-likeness (QED) is 0.240. The van der Waals surface area contributed by atoms with Crippen molar-refractivity contribution in [2.45, 2.75) is 39.5 Å². The van der Waals surface area contributed by atoms with Crippen LogP contribution >= 0.6 is 11.3 Å². The first-order valence-corrected chi connectivity index (χ1v) is 12.9. The van der Waals surface area contributed by atoms with E-state index in [2.05, 4.69) is 16.0 Å². The molecule has 38 heavy (non-hydrogen) atoms. The van der Waals surface area contributed by atoms with Gasteiger partial charge in [0.2, 0.25) is 0 Å². The van der Waals surface area contributed by atoms with Crippen molar-refractivity contribution in [2.24, 2.45) is 0 Å². The second kappa shape index (κ2) is 11.8. The van der Waals surface area contributed by atoms with Crippen LogP contribution in [0.5, 0.6) is 0 Å². The predicted octanol–water partition coefficient (Wildman–Crippen LogP) is 6.93. The van der Waals surface area contributed by atoms with Crippen LogP contribution in [0.4, 0.5) is 21.0 Å². The molecule has 4 aromatic rings. The topological polar surface area (TPSA) is 106 Å². The van der Waals surface area contributed by atoms with E-state index in [1.54, 1.807) is 45.0 Å². The van der Waals surface area contributed by atoms with Crippen molar-refractivity contribution in [1.82, 2.24) is 5.32 Å². The highest BCUT2D eigenvalue weighted by Crippen LogP contribution is 2.29. The number of fused-ring (bicyclic) bond motifs is 1. The van der Waals surface area contributed by atoms with Crippen LogP contribution in [0.15, 0.2) is 78.9 Å². The van der Waals surface area contributed by atoms with Gasteiger partial charge in [-0.2, -0.15) is 0 Å². The SMILES string of the molecule is CC(C)(C)OC(=O)Nc1ccccc1NC(=O)c1cc2ccc(CNC(=O)OCc3ccccc3)cc2s1. The molecule has 1 heterocycles. The smallest absolute Gasteiger partial charge is 0.412 e. The van der Waals surface area contributed by atoms with Crippen LogP contribution in [-0.4, -0.2) is 23.7 Å². The first-order valence-electron chi connectivity index (χ1n) is 12.0. The molecule has 0 spiro atoms. The van der Waals surface area contributed by atoms with E-state index in [0.29, 0.717) is 22.8 Å². The molecule has 0 atom stereocenters. The number of amides is 3. The molecule has 0 aliphatic carbocycles. The third kappa shape index (κ3) is 7.57. The van der Waals surface area contributed by atoms with Crippen LogP contribution in [0.3, 0.4) is 0 Å². The molecule has 0 saturated carbocycles. The monoisotopic (exact) mass is 531 g/mol. The van der Waals surface area contributed by atoms with Crippen LogP contribution in [0, 0.1) is 0 Å². The normalized spacial score (nSPS) is 11.0. The van der Waals surface area contributed by atoms with Crippen molar-refractivity contribution >= 4 is 50.9 Å². The highest BCUT2D eigenvalue weighted by molar-refractivity contribution is 7.20. The summed E-state index contributed by atoms with van der Waals surface area (Å²) in [6, 6.07) is 23.9. The van der Waals surface area contributed by atoms with Gasteiger partial charge in [-0.1, -0.05) is 54.6 Å². The van der Waals surface area contributed by atoms with Gasteiger partial charge in [-0.25, -0.2) is 9.59 Å². The Hall–Kier alpha value is -4.37. The molecule has 3 N–H and O–H groups in total. The Labute approximate surface area is 225 Å². The lowest BCUT2D eigenvalue weighted by Gasteiger charge is -2.20. The molecule has 0 radical (unpaired) electrons. The minimum Gasteiger partial charge on any atom is -0.445 e. The van der Waals surface area contributed by atoms with Gasteiger partial charge in [0.15, 0.2) is 0 Å². The van der Waals surface area contributed by atoms with Crippen molar-refractivity contribution in [1.29, 1.82) is 0 Å². The summed E-state index contributed by atoms with van der Waals surface area (Å²) >= 11 is 1.34. The van der Waals surface area contributed by atoms with E-state index in [4.69, 9.17) is 9.47 Å². The van der Waals surface area contributed by atoms with E-state index in [1.807, 2.05) is 54.6 Å². The largest absolute Gasteiger partial charge is 0.445 e. The number of carbonyl (C=O) groups is 3. The number of thiophene rings is 1. The predicted molar refractivity (Wildman–Crippen MR) is 150 cm³/mol. The summed E-state index contributed by atoms with van der Waals surface area (Å²) in [6.45, 7) is 5.83. The highest BCUT2D eigenvalue weighted by atomic mass is 32.1. The van der Waals surface area contributed by atoms with E-state index in [1.165, 1.54) is 11.3 Å². The molecule has 0 bridgehead atoms. The zero-order valence-corrected chi connectivity index (χ0v) is 22.2. The molecule has 0 aliphatic heterocycles. The Bertz CT molecular complexity index is 1440. The van der Waals surface area contributed by atoms with Crippen molar-refractivity contribution in [3.05, 3.63) is 94.9 Å². The number of carbonyl (C=O) groups excluding carboxylic acids is 3. The Morgan fingerprint density at radius 2 is 1.47 bits per heavy atom. The Balaban J connectivity index is 1.37. The number of ether oxygens (including phenoxy) is 2. The number of para-hydroxylation sites is 2. The van der Waals surface area contributed by atoms with Gasteiger partial charge >= 0.3 is 12.2 Å². The molecular formula is C29H29N3O5S. The number of benzene rings is 3. The lowest BCUT2D eigenvalue weighted by Crippen LogP contribution is -2.27. The maximum absolute atomic E-state index is 13.0. The van der Waals surface area contributed by atoms with Crippen molar-refractivity contribution in [2.75, 3.05) is 10.6 Å². The van der Waals surface area contributed by atoms with Crippen molar-refractivity contribution in [3.63, 3.8) is 0 Å². The average molecular weight is 532 g/mol. The average Bonchev–Trinajstić information content (AvgIpc) is 3.30. The van der Waals surface area contributed by atoms with Crippen LogP contribution in [0.25, 0.3) is 10.1 Å². The minimum atomic E-state index is -0.643. The molecule has 8 nitrogen and oxygen atoms in total. The van der Waals surface area contributed by atoms with E-state index in [9.17, 15) is 14.4 Å². The maximum Gasteiger partial charge on any atom is 0.412 e. The van der Waals surface area contributed by atoms with Crippen LogP contribution in [0.2, 0.25) is 0 Å². The molecule has 196 valence electrons. The van der Waals surface area contributed by atoms with Crippen LogP contribution in [0.1, 0.15) is 41.6 Å². The van der Waals surface area contributed by atoms with Gasteiger partial charge in [0, 0.05) is 11.2 Å². The zero-order chi connectivity index (χ0) is 27.1. The number of rotatable bonds is 7. The number of hydrogen-bond acceptors (Lipinski definition) is 6. The summed E-state index contributed by atoms with van der Waals surface area (Å²) in [5.74, 6) is -0.297. The van der Waals surface area contributed by atoms with Gasteiger partial charge in [-0.3, -0.25) is 10.1 Å². The van der Waals surface area contributed by atoms with Crippen LogP contribution < -0.4 is 16.0 Å². The van der Waals surface area contributed by atoms with Gasteiger partial charge in [0.05, 0.1) is 16.3 Å². The Morgan fingerprint density at radius 1 is 0.789 bits per heavy atom. The maximum atomic E-state index is 13.0. The molecule has 9 heteroatoms. The van der Waals surface area contributed by atoms with E-state index >= 15 is 0 Å². The molecule has 0 unspecified atom stereocenters. The summed E-state index contributed by atoms with van der Waals surface area (Å²) in [6.07, 6.45) is -1.11. The highest BCUT2D eigenvalue weighted by Gasteiger charge is 2.18. The minimum absolute atomic E-state index is 0.200. The Morgan fingerprint density at radius 3 is 2.18 bits per heavy atom. The fraction of sp³-hybridized carbons (Fsp3) is 0.207. The summed E-state index contributed by atoms with van der Waals surface area (Å²) in [5, 5.41) is 9.21. The first kappa shape index (κ1) is 26.7. The van der Waals surface area contributed by atoms with Crippen LogP contribution in [-0.2, 0) is 22.6 Å². The van der Waals surface area contributed by atoms with Gasteiger partial charge in [-0.15, -0.1) is 11.3 Å². The second-order valence-corrected chi connectivity index (χ2v) is 10.6. The molecular weight excluding hydrogens is 502 g/mol. The summed E-state index contributed by atoms with van der Waals surface area (Å²) in [7, 11) is 0. The molecule has 0 aliphatic rings. The summed E-state index contributed by atoms with van der Waals surface area (Å²) in [4.78, 5) is 37.8. The van der Waals surface area contributed by atoms with Gasteiger partial charge in [-0.05, 0) is 61.5 Å². The number of hydrogen-bond donors (Lipinski definition) is 3. The fourth-order valence-corrected chi connectivity index (χ4v) is 4.57. The van der Waals surface area contributed by atoms with E-state index in [-0.39, 0.29) is 12.5 Å². The molecule has 3 amide bonds.